The maximum Gasteiger partial charge on any atom is 0.0782 e. The van der Waals surface area contributed by atoms with Crippen molar-refractivity contribution in [1.29, 1.82) is 0 Å². The Morgan fingerprint density at radius 2 is 1.94 bits per heavy atom. The first-order chi connectivity index (χ1) is 7.52. The van der Waals surface area contributed by atoms with E-state index in [0.717, 1.165) is 20.9 Å². The molecule has 0 fully saturated rings. The summed E-state index contributed by atoms with van der Waals surface area (Å²) in [5, 5.41) is 10.9. The summed E-state index contributed by atoms with van der Waals surface area (Å²) in [6.07, 6.45) is 1.61. The van der Waals surface area contributed by atoms with Crippen LogP contribution in [0.5, 0.6) is 0 Å². The first-order valence-corrected chi connectivity index (χ1v) is 6.28. The predicted octanol–water partition coefficient (Wildman–Crippen LogP) is 4.04. The van der Waals surface area contributed by atoms with E-state index in [1.54, 1.807) is 6.92 Å². The van der Waals surface area contributed by atoms with Crippen LogP contribution in [0.25, 0.3) is 10.9 Å². The van der Waals surface area contributed by atoms with Gasteiger partial charge in [0.2, 0.25) is 0 Å². The molecule has 2 rings (SSSR count). The molecule has 1 N–H and O–H groups in total. The summed E-state index contributed by atoms with van der Waals surface area (Å²) < 4.78 is 3.27. The van der Waals surface area contributed by atoms with Gasteiger partial charge in [-0.3, -0.25) is 0 Å². The summed E-state index contributed by atoms with van der Waals surface area (Å²) in [6, 6.07) is 6.48. The van der Waals surface area contributed by atoms with Crippen molar-refractivity contribution >= 4 is 26.8 Å². The minimum absolute atomic E-state index is 0.383. The van der Waals surface area contributed by atoms with Crippen LogP contribution in [0.2, 0.25) is 0 Å². The average Bonchev–Trinajstić information content (AvgIpc) is 2.58. The summed E-state index contributed by atoms with van der Waals surface area (Å²) in [6.45, 7) is 6.09. The second kappa shape index (κ2) is 4.22. The first kappa shape index (κ1) is 11.7. The number of benzene rings is 1. The van der Waals surface area contributed by atoms with Crippen LogP contribution in [-0.2, 0) is 0 Å². The normalized spacial score (nSPS) is 13.6. The van der Waals surface area contributed by atoms with E-state index in [0.29, 0.717) is 6.04 Å². The van der Waals surface area contributed by atoms with Gasteiger partial charge in [0.05, 0.1) is 11.6 Å². The summed E-state index contributed by atoms with van der Waals surface area (Å²) in [5.41, 5.74) is 2.15. The summed E-state index contributed by atoms with van der Waals surface area (Å²) in [5.74, 6) is 0. The van der Waals surface area contributed by atoms with Crippen molar-refractivity contribution in [2.45, 2.75) is 32.9 Å². The van der Waals surface area contributed by atoms with Gasteiger partial charge in [-0.05, 0) is 42.8 Å². The molecule has 2 aromatic rings. The van der Waals surface area contributed by atoms with Gasteiger partial charge in [0.15, 0.2) is 0 Å². The van der Waals surface area contributed by atoms with E-state index in [4.69, 9.17) is 0 Å². The third kappa shape index (κ3) is 1.78. The molecule has 16 heavy (non-hydrogen) atoms. The number of aliphatic hydroxyl groups is 1. The lowest BCUT2D eigenvalue weighted by molar-refractivity contribution is 0.200. The smallest absolute Gasteiger partial charge is 0.0782 e. The van der Waals surface area contributed by atoms with Crippen molar-refractivity contribution in [1.82, 2.24) is 4.57 Å². The highest BCUT2D eigenvalue weighted by Crippen LogP contribution is 2.33. The number of hydrogen-bond acceptors (Lipinski definition) is 1. The van der Waals surface area contributed by atoms with Gasteiger partial charge in [0.25, 0.3) is 0 Å². The van der Waals surface area contributed by atoms with Gasteiger partial charge in [-0.1, -0.05) is 12.1 Å². The van der Waals surface area contributed by atoms with Crippen LogP contribution < -0.4 is 0 Å². The quantitative estimate of drug-likeness (QED) is 0.883. The lowest BCUT2D eigenvalue weighted by Crippen LogP contribution is -1.98. The molecule has 0 saturated heterocycles. The van der Waals surface area contributed by atoms with Crippen molar-refractivity contribution in [3.05, 3.63) is 34.4 Å². The molecule has 2 nitrogen and oxygen atoms in total. The zero-order valence-corrected chi connectivity index (χ0v) is 11.3. The lowest BCUT2D eigenvalue weighted by atomic mass is 10.1. The predicted molar refractivity (Wildman–Crippen MR) is 70.7 cm³/mol. The zero-order valence-electron chi connectivity index (χ0n) is 9.74. The van der Waals surface area contributed by atoms with Gasteiger partial charge in [0, 0.05) is 27.7 Å². The minimum atomic E-state index is -0.434. The fourth-order valence-corrected chi connectivity index (χ4v) is 2.61. The van der Waals surface area contributed by atoms with E-state index in [9.17, 15) is 5.11 Å². The highest BCUT2D eigenvalue weighted by molar-refractivity contribution is 9.10. The van der Waals surface area contributed by atoms with E-state index in [2.05, 4.69) is 40.4 Å². The Hall–Kier alpha value is -0.800. The molecule has 86 valence electrons. The number of hydrogen-bond donors (Lipinski definition) is 1. The molecule has 0 saturated carbocycles. The number of aliphatic hydroxyl groups excluding tert-OH is 1. The Balaban J connectivity index is 2.82. The van der Waals surface area contributed by atoms with Crippen LogP contribution >= 0.6 is 15.9 Å². The van der Waals surface area contributed by atoms with Crippen LogP contribution in [0, 0.1) is 0 Å². The molecule has 0 amide bonds. The molecule has 3 heteroatoms. The SMILES string of the molecule is CC(O)c1cn(C(C)C)c2c(Br)cccc12. The summed E-state index contributed by atoms with van der Waals surface area (Å²) in [4.78, 5) is 0. The molecule has 1 aromatic heterocycles. The first-order valence-electron chi connectivity index (χ1n) is 5.49. The molecule has 0 radical (unpaired) electrons. The topological polar surface area (TPSA) is 25.2 Å². The van der Waals surface area contributed by atoms with Gasteiger partial charge in [-0.25, -0.2) is 0 Å². The number of para-hydroxylation sites is 1. The third-order valence-corrected chi connectivity index (χ3v) is 3.48. The maximum atomic E-state index is 9.78. The van der Waals surface area contributed by atoms with E-state index in [1.807, 2.05) is 18.3 Å². The number of halogens is 1. The summed E-state index contributed by atoms with van der Waals surface area (Å²) >= 11 is 3.58. The largest absolute Gasteiger partial charge is 0.389 e. The zero-order chi connectivity index (χ0) is 11.9. The molecule has 1 heterocycles. The van der Waals surface area contributed by atoms with E-state index in [1.165, 1.54) is 0 Å². The fraction of sp³-hybridized carbons (Fsp3) is 0.385. The molecule has 0 aliphatic heterocycles. The highest BCUT2D eigenvalue weighted by Gasteiger charge is 2.15. The van der Waals surface area contributed by atoms with Crippen molar-refractivity contribution in [3.8, 4) is 0 Å². The van der Waals surface area contributed by atoms with Crippen LogP contribution in [0.1, 0.15) is 38.5 Å². The molecule has 1 aromatic carbocycles. The van der Waals surface area contributed by atoms with Crippen molar-refractivity contribution in [2.24, 2.45) is 0 Å². The Morgan fingerprint density at radius 3 is 2.50 bits per heavy atom. The second-order valence-electron chi connectivity index (χ2n) is 4.40. The third-order valence-electron chi connectivity index (χ3n) is 2.84. The van der Waals surface area contributed by atoms with Crippen molar-refractivity contribution in [2.75, 3.05) is 0 Å². The van der Waals surface area contributed by atoms with Gasteiger partial charge in [0.1, 0.15) is 0 Å². The molecular weight excluding hydrogens is 266 g/mol. The molecule has 0 spiro atoms. The molecule has 0 aliphatic rings. The van der Waals surface area contributed by atoms with Crippen LogP contribution in [0.4, 0.5) is 0 Å². The molecule has 0 bridgehead atoms. The van der Waals surface area contributed by atoms with E-state index >= 15 is 0 Å². The second-order valence-corrected chi connectivity index (χ2v) is 5.25. The monoisotopic (exact) mass is 281 g/mol. The van der Waals surface area contributed by atoms with Gasteiger partial charge >= 0.3 is 0 Å². The van der Waals surface area contributed by atoms with Gasteiger partial charge < -0.3 is 9.67 Å². The maximum absolute atomic E-state index is 9.78. The van der Waals surface area contributed by atoms with E-state index in [-0.39, 0.29) is 0 Å². The fourth-order valence-electron chi connectivity index (χ4n) is 2.03. The van der Waals surface area contributed by atoms with Crippen molar-refractivity contribution < 1.29 is 5.11 Å². The Labute approximate surface area is 104 Å². The number of aromatic nitrogens is 1. The summed E-state index contributed by atoms with van der Waals surface area (Å²) in [7, 11) is 0. The highest BCUT2D eigenvalue weighted by atomic mass is 79.9. The number of rotatable bonds is 2. The standard InChI is InChI=1S/C13H16BrNO/c1-8(2)15-7-11(9(3)16)10-5-4-6-12(14)13(10)15/h4-9,16H,1-3H3. The Bertz CT molecular complexity index is 514. The van der Waals surface area contributed by atoms with Gasteiger partial charge in [-0.15, -0.1) is 0 Å². The van der Waals surface area contributed by atoms with E-state index < -0.39 is 6.10 Å². The van der Waals surface area contributed by atoms with Crippen LogP contribution in [0.15, 0.2) is 28.9 Å². The van der Waals surface area contributed by atoms with Crippen LogP contribution in [0.3, 0.4) is 0 Å². The minimum Gasteiger partial charge on any atom is -0.389 e. The molecule has 1 atom stereocenters. The van der Waals surface area contributed by atoms with Gasteiger partial charge in [-0.2, -0.15) is 0 Å². The molecule has 1 unspecified atom stereocenters. The molecular formula is C13H16BrNO. The average molecular weight is 282 g/mol. The molecule has 0 aliphatic carbocycles. The van der Waals surface area contributed by atoms with Crippen molar-refractivity contribution in [3.63, 3.8) is 0 Å². The Morgan fingerprint density at radius 1 is 1.25 bits per heavy atom. The number of nitrogens with zero attached hydrogens (tertiary/aromatic N) is 1. The Kier molecular flexibility index (Phi) is 3.08. The lowest BCUT2D eigenvalue weighted by Gasteiger charge is -2.10. The van der Waals surface area contributed by atoms with Crippen LogP contribution in [-0.4, -0.2) is 9.67 Å². The number of fused-ring (bicyclic) bond motifs is 1.